The van der Waals surface area contributed by atoms with Crippen molar-refractivity contribution in [3.63, 3.8) is 0 Å². The summed E-state index contributed by atoms with van der Waals surface area (Å²) in [5, 5.41) is 7.11. The highest BCUT2D eigenvalue weighted by Gasteiger charge is 2.35. The average Bonchev–Trinajstić information content (AvgIpc) is 2.52. The molecule has 3 N–H and O–H groups in total. The third-order valence-corrected chi connectivity index (χ3v) is 5.25. The summed E-state index contributed by atoms with van der Waals surface area (Å²) in [5.74, 6) is 0.198. The topological polar surface area (TPSA) is 103 Å². The molecule has 4 aliphatic rings. The van der Waals surface area contributed by atoms with E-state index in [-0.39, 0.29) is 17.7 Å². The molecule has 1 atom stereocenters. The number of piperidine rings is 3. The van der Waals surface area contributed by atoms with E-state index in [1.165, 1.54) is 18.4 Å². The van der Waals surface area contributed by atoms with Crippen LogP contribution in [-0.2, 0) is 14.8 Å². The predicted molar refractivity (Wildman–Crippen MR) is 96.0 cm³/mol. The molecule has 8 nitrogen and oxygen atoms in total. The zero-order valence-corrected chi connectivity index (χ0v) is 15.0. The minimum atomic E-state index is -3.43. The van der Waals surface area contributed by atoms with Crippen LogP contribution >= 0.6 is 0 Å². The van der Waals surface area contributed by atoms with Gasteiger partial charge in [-0.15, -0.1) is 0 Å². The summed E-state index contributed by atoms with van der Waals surface area (Å²) in [5.41, 5.74) is 3.43. The minimum absolute atomic E-state index is 0.115. The highest BCUT2D eigenvalue weighted by molar-refractivity contribution is 7.88. The number of rotatable bonds is 4. The molecule has 136 valence electrons. The lowest BCUT2D eigenvalue weighted by molar-refractivity contribution is -0.116. The van der Waals surface area contributed by atoms with Gasteiger partial charge in [-0.25, -0.2) is 8.42 Å². The van der Waals surface area contributed by atoms with Crippen molar-refractivity contribution >= 4 is 21.6 Å². The third-order valence-electron chi connectivity index (χ3n) is 4.64. The van der Waals surface area contributed by atoms with Gasteiger partial charge in [0.05, 0.1) is 12.0 Å². The molecule has 0 unspecified atom stereocenters. The van der Waals surface area contributed by atoms with Gasteiger partial charge in [0.1, 0.15) is 0 Å². The molecule has 4 heterocycles. The highest BCUT2D eigenvalue weighted by atomic mass is 32.2. The Labute approximate surface area is 147 Å². The summed E-state index contributed by atoms with van der Waals surface area (Å²) < 4.78 is 25.2. The maximum atomic E-state index is 12.7. The van der Waals surface area contributed by atoms with Crippen LogP contribution in [0.2, 0.25) is 0 Å². The van der Waals surface area contributed by atoms with Crippen molar-refractivity contribution in [3.8, 4) is 0 Å². The van der Waals surface area contributed by atoms with E-state index in [4.69, 9.17) is 0 Å². The first-order valence-corrected chi connectivity index (χ1v) is 10.1. The number of nitrogens with one attached hydrogen (secondary N) is 3. The summed E-state index contributed by atoms with van der Waals surface area (Å²) in [6.07, 6.45) is 7.72. The average molecular weight is 365 g/mol. The molecule has 3 fully saturated rings. The summed E-state index contributed by atoms with van der Waals surface area (Å²) in [6, 6.07) is 0.115. The summed E-state index contributed by atoms with van der Waals surface area (Å²) >= 11 is 0. The number of nitrogens with zero attached hydrogens (tertiary/aromatic N) is 2. The number of carbonyl (C=O) groups is 1. The van der Waals surface area contributed by atoms with Crippen LogP contribution < -0.4 is 15.5 Å². The van der Waals surface area contributed by atoms with Crippen LogP contribution in [0.4, 0.5) is 0 Å². The molecule has 2 bridgehead atoms. The first-order chi connectivity index (χ1) is 11.8. The molecular weight excluding hydrogens is 342 g/mol. The fourth-order valence-corrected chi connectivity index (χ4v) is 4.00. The van der Waals surface area contributed by atoms with Crippen molar-refractivity contribution in [2.45, 2.75) is 18.9 Å². The highest BCUT2D eigenvalue weighted by Crippen LogP contribution is 2.27. The maximum Gasteiger partial charge on any atom is 0.272 e. The van der Waals surface area contributed by atoms with E-state index in [9.17, 15) is 13.2 Å². The smallest absolute Gasteiger partial charge is 0.272 e. The third kappa shape index (κ3) is 4.49. The fraction of sp³-hybridized carbons (Fsp3) is 0.500. The number of allylic oxidation sites excluding steroid dienone is 2. The van der Waals surface area contributed by atoms with Crippen molar-refractivity contribution in [2.75, 3.05) is 25.9 Å². The van der Waals surface area contributed by atoms with Crippen LogP contribution in [-0.4, -0.2) is 56.9 Å². The number of sulfonamides is 1. The number of amides is 1. The molecule has 0 aromatic carbocycles. The second-order valence-electron chi connectivity index (χ2n) is 6.64. The predicted octanol–water partition coefficient (Wildman–Crippen LogP) is -0.341. The molecule has 9 heteroatoms. The van der Waals surface area contributed by atoms with Gasteiger partial charge in [-0.1, -0.05) is 6.58 Å². The van der Waals surface area contributed by atoms with Crippen molar-refractivity contribution in [1.29, 1.82) is 0 Å². The summed E-state index contributed by atoms with van der Waals surface area (Å²) in [4.78, 5) is 15.0. The van der Waals surface area contributed by atoms with Crippen molar-refractivity contribution in [3.05, 3.63) is 36.2 Å². The van der Waals surface area contributed by atoms with Crippen molar-refractivity contribution < 1.29 is 13.2 Å². The molecule has 0 spiro atoms. The van der Waals surface area contributed by atoms with E-state index < -0.39 is 10.0 Å². The van der Waals surface area contributed by atoms with E-state index in [0.29, 0.717) is 17.2 Å². The molecule has 25 heavy (non-hydrogen) atoms. The molecule has 1 amide bonds. The monoisotopic (exact) mass is 365 g/mol. The quantitative estimate of drug-likeness (QED) is 0.632. The standard InChI is InChI=1S/C16H23N5O3S/c1-11-9-13(20-25(2,23)24)3-6-17-19-15(11)16(22)18-14-10-21-7-4-12(14)5-8-21/h3,6,9,12,14,17,20H,1,4-5,7-8,10H2,2H3,(H,18,22)/b6-3?,13-9+,19-15?/t14-/m1/s1. The Morgan fingerprint density at radius 2 is 2.12 bits per heavy atom. The van der Waals surface area contributed by atoms with Crippen LogP contribution in [0.15, 0.2) is 41.3 Å². The Bertz CT molecular complexity index is 761. The molecule has 0 radical (unpaired) electrons. The van der Waals surface area contributed by atoms with Gasteiger partial charge in [-0.2, -0.15) is 5.10 Å². The minimum Gasteiger partial charge on any atom is -0.346 e. The second kappa shape index (κ2) is 7.01. The lowest BCUT2D eigenvalue weighted by Gasteiger charge is -2.44. The van der Waals surface area contributed by atoms with Gasteiger partial charge in [-0.05, 0) is 44.0 Å². The van der Waals surface area contributed by atoms with Crippen LogP contribution in [0.1, 0.15) is 12.8 Å². The van der Waals surface area contributed by atoms with Crippen LogP contribution in [0, 0.1) is 5.92 Å². The van der Waals surface area contributed by atoms with E-state index in [2.05, 4.69) is 32.0 Å². The Kier molecular flexibility index (Phi) is 4.96. The maximum absolute atomic E-state index is 12.7. The van der Waals surface area contributed by atoms with Crippen molar-refractivity contribution in [1.82, 2.24) is 20.4 Å². The fourth-order valence-electron chi connectivity index (χ4n) is 3.44. The Balaban J connectivity index is 1.71. The van der Waals surface area contributed by atoms with E-state index in [1.807, 2.05) is 0 Å². The van der Waals surface area contributed by atoms with Gasteiger partial charge < -0.3 is 10.2 Å². The zero-order valence-electron chi connectivity index (χ0n) is 14.2. The molecule has 4 aliphatic heterocycles. The zero-order chi connectivity index (χ0) is 18.0. The van der Waals surface area contributed by atoms with Crippen molar-refractivity contribution in [2.24, 2.45) is 11.0 Å². The SMILES string of the molecule is C=C1/C=C(/NS(C)(=O)=O)C=CNN=C1C(=O)N[C@@H]1CN2CCC1CC2. The normalized spacial score (nSPS) is 31.1. The number of fused-ring (bicyclic) bond motifs is 3. The molecule has 3 saturated heterocycles. The molecule has 4 rings (SSSR count). The summed E-state index contributed by atoms with van der Waals surface area (Å²) in [7, 11) is -3.43. The number of hydrazone groups is 1. The lowest BCUT2D eigenvalue weighted by Crippen LogP contribution is -2.58. The van der Waals surface area contributed by atoms with Gasteiger partial charge in [0.25, 0.3) is 5.91 Å². The second-order valence-corrected chi connectivity index (χ2v) is 8.39. The number of hydrogen-bond donors (Lipinski definition) is 3. The first kappa shape index (κ1) is 17.7. The Hall–Kier alpha value is -2.13. The molecule has 0 saturated carbocycles. The number of carbonyl (C=O) groups excluding carboxylic acids is 1. The largest absolute Gasteiger partial charge is 0.346 e. The van der Waals surface area contributed by atoms with Gasteiger partial charge in [0.15, 0.2) is 5.71 Å². The first-order valence-electron chi connectivity index (χ1n) is 8.23. The number of hydrogen-bond acceptors (Lipinski definition) is 6. The lowest BCUT2D eigenvalue weighted by atomic mass is 9.84. The van der Waals surface area contributed by atoms with E-state index >= 15 is 0 Å². The summed E-state index contributed by atoms with van der Waals surface area (Å²) in [6.45, 7) is 6.91. The van der Waals surface area contributed by atoms with Crippen LogP contribution in [0.25, 0.3) is 0 Å². The van der Waals surface area contributed by atoms with Gasteiger partial charge in [-0.3, -0.25) is 14.9 Å². The van der Waals surface area contributed by atoms with Crippen LogP contribution in [0.5, 0.6) is 0 Å². The van der Waals surface area contributed by atoms with E-state index in [0.717, 1.165) is 38.7 Å². The van der Waals surface area contributed by atoms with E-state index in [1.54, 1.807) is 0 Å². The molecular formula is C16H23N5O3S. The van der Waals surface area contributed by atoms with Gasteiger partial charge in [0, 0.05) is 24.4 Å². The Morgan fingerprint density at radius 3 is 2.72 bits per heavy atom. The Morgan fingerprint density at radius 1 is 1.40 bits per heavy atom. The molecule has 0 aromatic heterocycles. The van der Waals surface area contributed by atoms with Gasteiger partial charge >= 0.3 is 0 Å². The van der Waals surface area contributed by atoms with Gasteiger partial charge in [0.2, 0.25) is 10.0 Å². The molecule has 0 aliphatic carbocycles. The molecule has 0 aromatic rings. The van der Waals surface area contributed by atoms with Crippen LogP contribution in [0.3, 0.4) is 0 Å².